The number of hydrogen-bond donors (Lipinski definition) is 0. The number of furan rings is 1. The Morgan fingerprint density at radius 2 is 2.00 bits per heavy atom. The molecule has 0 N–H and O–H groups in total. The van der Waals surface area contributed by atoms with E-state index in [1.54, 1.807) is 18.0 Å². The lowest BCUT2D eigenvalue weighted by Crippen LogP contribution is -2.23. The molecule has 0 atom stereocenters. The van der Waals surface area contributed by atoms with Gasteiger partial charge in [0.25, 0.3) is 5.91 Å². The molecule has 1 fully saturated rings. The van der Waals surface area contributed by atoms with Gasteiger partial charge < -0.3 is 9.32 Å². The fourth-order valence-electron chi connectivity index (χ4n) is 2.15. The van der Waals surface area contributed by atoms with Crippen LogP contribution in [0.25, 0.3) is 6.08 Å². The number of rotatable bonds is 3. The molecule has 0 aliphatic carbocycles. The molecule has 8 heteroatoms. The van der Waals surface area contributed by atoms with Crippen molar-refractivity contribution >= 4 is 78.8 Å². The van der Waals surface area contributed by atoms with Crippen LogP contribution in [0.5, 0.6) is 0 Å². The molecule has 1 aliphatic heterocycles. The highest BCUT2D eigenvalue weighted by molar-refractivity contribution is 14.1. The zero-order chi connectivity index (χ0) is 18.1. The predicted octanol–water partition coefficient (Wildman–Crippen LogP) is 4.95. The fourth-order valence-corrected chi connectivity index (χ4v) is 3.83. The third-order valence-electron chi connectivity index (χ3n) is 3.53. The lowest BCUT2D eigenvalue weighted by atomic mass is 10.3. The van der Waals surface area contributed by atoms with E-state index in [1.807, 2.05) is 49.3 Å². The molecule has 1 saturated heterocycles. The highest BCUT2D eigenvalue weighted by Crippen LogP contribution is 2.34. The molecular formula is C17H15BrIN3O2S. The maximum atomic E-state index is 12.4. The monoisotopic (exact) mass is 531 g/mol. The Hall–Kier alpha value is -1.26. The number of nitrogens with zero attached hydrogens (tertiary/aromatic N) is 3. The molecule has 5 nitrogen and oxygen atoms in total. The molecule has 1 aromatic carbocycles. The average molecular weight is 532 g/mol. The summed E-state index contributed by atoms with van der Waals surface area (Å²) in [4.78, 5) is 21.2. The summed E-state index contributed by atoms with van der Waals surface area (Å²) in [5, 5.41) is 0.647. The SMILES string of the molecule is CN1C(=O)/C(=C/c2cc(Br)c(I)o2)SC1=Nc1ccc(N(C)C)cc1. The smallest absolute Gasteiger partial charge is 0.266 e. The van der Waals surface area contributed by atoms with Gasteiger partial charge in [-0.1, -0.05) is 0 Å². The highest BCUT2D eigenvalue weighted by Gasteiger charge is 2.30. The lowest BCUT2D eigenvalue weighted by Gasteiger charge is -2.12. The van der Waals surface area contributed by atoms with Gasteiger partial charge in [0.1, 0.15) is 5.76 Å². The summed E-state index contributed by atoms with van der Waals surface area (Å²) >= 11 is 6.84. The van der Waals surface area contributed by atoms with Crippen molar-refractivity contribution < 1.29 is 9.21 Å². The Labute approximate surface area is 172 Å². The minimum atomic E-state index is -0.0869. The Bertz CT molecular complexity index is 855. The molecule has 1 aromatic heterocycles. The van der Waals surface area contributed by atoms with Gasteiger partial charge in [-0.3, -0.25) is 9.69 Å². The minimum absolute atomic E-state index is 0.0869. The first-order chi connectivity index (χ1) is 11.8. The number of carbonyl (C=O) groups is 1. The van der Waals surface area contributed by atoms with Gasteiger partial charge in [-0.15, -0.1) is 0 Å². The number of benzene rings is 1. The maximum absolute atomic E-state index is 12.4. The molecule has 0 bridgehead atoms. The molecule has 2 aromatic rings. The maximum Gasteiger partial charge on any atom is 0.266 e. The second kappa shape index (κ2) is 7.55. The Morgan fingerprint density at radius 1 is 1.32 bits per heavy atom. The number of halogens is 2. The summed E-state index contributed by atoms with van der Waals surface area (Å²) in [5.41, 5.74) is 1.91. The van der Waals surface area contributed by atoms with Gasteiger partial charge in [0.15, 0.2) is 8.93 Å². The van der Waals surface area contributed by atoms with Crippen molar-refractivity contribution in [3.8, 4) is 0 Å². The first-order valence-electron chi connectivity index (χ1n) is 7.33. The summed E-state index contributed by atoms with van der Waals surface area (Å²) < 4.78 is 7.21. The zero-order valence-electron chi connectivity index (χ0n) is 13.8. The van der Waals surface area contributed by atoms with E-state index in [4.69, 9.17) is 4.42 Å². The molecule has 1 amide bonds. The van der Waals surface area contributed by atoms with Crippen molar-refractivity contribution in [3.05, 3.63) is 49.2 Å². The topological polar surface area (TPSA) is 49.1 Å². The second-order valence-corrected chi connectivity index (χ2v) is 8.39. The number of carbonyl (C=O) groups excluding carboxylic acids is 1. The Morgan fingerprint density at radius 3 is 2.56 bits per heavy atom. The Kier molecular flexibility index (Phi) is 5.59. The number of hydrogen-bond acceptors (Lipinski definition) is 5. The van der Waals surface area contributed by atoms with E-state index in [1.165, 1.54) is 11.8 Å². The van der Waals surface area contributed by atoms with Gasteiger partial charge in [0.2, 0.25) is 0 Å². The summed E-state index contributed by atoms with van der Waals surface area (Å²) in [6.07, 6.45) is 1.74. The molecular weight excluding hydrogens is 517 g/mol. The zero-order valence-corrected chi connectivity index (χ0v) is 18.3. The van der Waals surface area contributed by atoms with Crippen molar-refractivity contribution in [1.29, 1.82) is 0 Å². The average Bonchev–Trinajstić information content (AvgIpc) is 3.02. The first-order valence-corrected chi connectivity index (χ1v) is 10.0. The van der Waals surface area contributed by atoms with Gasteiger partial charge >= 0.3 is 0 Å². The van der Waals surface area contributed by atoms with E-state index in [0.717, 1.165) is 19.6 Å². The van der Waals surface area contributed by atoms with Crippen molar-refractivity contribution in [2.45, 2.75) is 0 Å². The molecule has 25 heavy (non-hydrogen) atoms. The van der Waals surface area contributed by atoms with Crippen LogP contribution < -0.4 is 4.90 Å². The van der Waals surface area contributed by atoms with Crippen LogP contribution in [-0.4, -0.2) is 37.1 Å². The van der Waals surface area contributed by atoms with E-state index < -0.39 is 0 Å². The van der Waals surface area contributed by atoms with Gasteiger partial charge in [0.05, 0.1) is 15.1 Å². The molecule has 1 aliphatic rings. The number of likely N-dealkylation sites (N-methyl/N-ethyl adjacent to an activating group) is 1. The number of aliphatic imine (C=N–C) groups is 1. The number of amides is 1. The van der Waals surface area contributed by atoms with Gasteiger partial charge in [-0.2, -0.15) is 0 Å². The van der Waals surface area contributed by atoms with Gasteiger partial charge in [-0.25, -0.2) is 4.99 Å². The number of thioether (sulfide) groups is 1. The van der Waals surface area contributed by atoms with Crippen LogP contribution in [0.1, 0.15) is 5.76 Å². The van der Waals surface area contributed by atoms with Crippen LogP contribution in [-0.2, 0) is 4.79 Å². The summed E-state index contributed by atoms with van der Waals surface area (Å²) in [7, 11) is 5.71. The van der Waals surface area contributed by atoms with E-state index >= 15 is 0 Å². The molecule has 0 unspecified atom stereocenters. The van der Waals surface area contributed by atoms with E-state index in [2.05, 4.69) is 43.5 Å². The third-order valence-corrected chi connectivity index (χ3v) is 6.72. The predicted molar refractivity (Wildman–Crippen MR) is 115 cm³/mol. The quantitative estimate of drug-likeness (QED) is 0.415. The normalized spacial score (nSPS) is 17.8. The standard InChI is InChI=1S/C17H15BrIN3O2S/c1-21(2)11-6-4-10(5-7-11)20-17-22(3)16(23)14(25-17)9-12-8-13(18)15(19)24-12/h4-9H,1-3H3/b14-9-,20-17?. The molecule has 2 heterocycles. The third kappa shape index (κ3) is 4.12. The molecule has 3 rings (SSSR count). The second-order valence-electron chi connectivity index (χ2n) is 5.55. The van der Waals surface area contributed by atoms with E-state index in [-0.39, 0.29) is 5.91 Å². The number of anilines is 1. The van der Waals surface area contributed by atoms with E-state index in [9.17, 15) is 4.79 Å². The first kappa shape index (κ1) is 18.5. The summed E-state index contributed by atoms with van der Waals surface area (Å²) in [6, 6.07) is 9.72. The number of amidine groups is 1. The molecule has 0 saturated carbocycles. The van der Waals surface area contributed by atoms with Crippen molar-refractivity contribution in [2.75, 3.05) is 26.0 Å². The summed E-state index contributed by atoms with van der Waals surface area (Å²) in [6.45, 7) is 0. The van der Waals surface area contributed by atoms with Crippen LogP contribution in [0.3, 0.4) is 0 Å². The van der Waals surface area contributed by atoms with Crippen LogP contribution in [0.2, 0.25) is 0 Å². The minimum Gasteiger partial charge on any atom is -0.450 e. The van der Waals surface area contributed by atoms with Crippen LogP contribution in [0, 0.1) is 3.77 Å². The fraction of sp³-hybridized carbons (Fsp3) is 0.176. The molecule has 0 radical (unpaired) electrons. The van der Waals surface area contributed by atoms with Crippen LogP contribution in [0.4, 0.5) is 11.4 Å². The highest BCUT2D eigenvalue weighted by atomic mass is 127. The largest absolute Gasteiger partial charge is 0.450 e. The van der Waals surface area contributed by atoms with Crippen molar-refractivity contribution in [3.63, 3.8) is 0 Å². The summed E-state index contributed by atoms with van der Waals surface area (Å²) in [5.74, 6) is 0.549. The molecule has 0 spiro atoms. The lowest BCUT2D eigenvalue weighted by molar-refractivity contribution is -0.121. The Balaban J connectivity index is 1.85. The van der Waals surface area contributed by atoms with E-state index in [0.29, 0.717) is 15.8 Å². The van der Waals surface area contributed by atoms with Crippen LogP contribution >= 0.6 is 50.3 Å². The van der Waals surface area contributed by atoms with Crippen LogP contribution in [0.15, 0.2) is 49.1 Å². The van der Waals surface area contributed by atoms with Crippen molar-refractivity contribution in [2.24, 2.45) is 4.99 Å². The van der Waals surface area contributed by atoms with Gasteiger partial charge in [-0.05, 0) is 58.0 Å². The van der Waals surface area contributed by atoms with Crippen molar-refractivity contribution in [1.82, 2.24) is 4.90 Å². The molecule has 130 valence electrons. The van der Waals surface area contributed by atoms with Gasteiger partial charge in [0, 0.05) is 55.5 Å².